The molecule has 0 spiro atoms. The Hall–Kier alpha value is -3.02. The van der Waals surface area contributed by atoms with Crippen LogP contribution >= 0.6 is 0 Å². The number of alkyl halides is 3. The van der Waals surface area contributed by atoms with Gasteiger partial charge in [0.2, 0.25) is 0 Å². The van der Waals surface area contributed by atoms with E-state index in [2.05, 4.69) is 10.6 Å². The monoisotopic (exact) mass is 369 g/mol. The average Bonchev–Trinajstić information content (AvgIpc) is 2.56. The van der Waals surface area contributed by atoms with Gasteiger partial charge < -0.3 is 15.7 Å². The maximum atomic E-state index is 12.9. The Morgan fingerprint density at radius 1 is 1.19 bits per heavy atom. The van der Waals surface area contributed by atoms with Crippen LogP contribution in [0.3, 0.4) is 0 Å². The number of nitrogens with one attached hydrogen (secondary N) is 2. The summed E-state index contributed by atoms with van der Waals surface area (Å²) in [5, 5.41) is 22.3. The van der Waals surface area contributed by atoms with E-state index in [1.807, 2.05) is 0 Å². The minimum Gasteiger partial charge on any atom is -0.481 e. The van der Waals surface area contributed by atoms with Crippen molar-refractivity contribution < 1.29 is 27.9 Å². The maximum absolute atomic E-state index is 12.9. The molecule has 9 heteroatoms. The first-order valence-electron chi connectivity index (χ1n) is 7.78. The number of aliphatic carboxylic acids is 1. The molecule has 26 heavy (non-hydrogen) atoms. The van der Waals surface area contributed by atoms with E-state index < -0.39 is 29.3 Å². The van der Waals surface area contributed by atoms with E-state index >= 15 is 0 Å². The Labute approximate surface area is 148 Å². The number of hydrogen-bond donors (Lipinski definition) is 3. The number of nitrogens with zero attached hydrogens (tertiary/aromatic N) is 1. The highest BCUT2D eigenvalue weighted by atomic mass is 19.4. The van der Waals surface area contributed by atoms with Crippen LogP contribution in [0.1, 0.15) is 31.2 Å². The third-order valence-electron chi connectivity index (χ3n) is 3.30. The van der Waals surface area contributed by atoms with Crippen LogP contribution in [0.5, 0.6) is 0 Å². The summed E-state index contributed by atoms with van der Waals surface area (Å²) in [6, 6.07) is 6.10. The zero-order valence-electron chi connectivity index (χ0n) is 13.8. The molecule has 0 aromatic heterocycles. The number of anilines is 1. The molecular weight excluding hydrogens is 351 g/mol. The first-order valence-corrected chi connectivity index (χ1v) is 7.78. The molecule has 0 unspecified atom stereocenters. The van der Waals surface area contributed by atoms with Crippen LogP contribution in [0.15, 0.2) is 36.0 Å². The minimum atomic E-state index is -4.63. The number of para-hydroxylation sites is 1. The second-order valence-corrected chi connectivity index (χ2v) is 5.33. The Bertz CT molecular complexity index is 709. The van der Waals surface area contributed by atoms with E-state index in [1.54, 1.807) is 6.07 Å². The van der Waals surface area contributed by atoms with Crippen molar-refractivity contribution in [3.63, 3.8) is 0 Å². The molecule has 0 atom stereocenters. The smallest absolute Gasteiger partial charge is 0.418 e. The summed E-state index contributed by atoms with van der Waals surface area (Å²) in [7, 11) is 0. The highest BCUT2D eigenvalue weighted by molar-refractivity contribution is 6.06. The standard InChI is InChI=1S/C17H18F3N3O3/c18-17(19,20)13-6-3-4-7-14(13)23-16(26)12(10-21)11-22-9-5-1-2-8-15(24)25/h3-4,6-7,11,22H,1-2,5,8-9H2,(H,23,26)(H,24,25)/b12-11-. The van der Waals surface area contributed by atoms with Crippen molar-refractivity contribution in [1.82, 2.24) is 5.32 Å². The summed E-state index contributed by atoms with van der Waals surface area (Å²) >= 11 is 0. The second kappa shape index (κ2) is 10.1. The lowest BCUT2D eigenvalue weighted by Gasteiger charge is -2.13. The van der Waals surface area contributed by atoms with Crippen LogP contribution in [0.4, 0.5) is 18.9 Å². The molecule has 1 aromatic carbocycles. The Kier molecular flexibility index (Phi) is 8.15. The predicted octanol–water partition coefficient (Wildman–Crippen LogP) is 3.29. The van der Waals surface area contributed by atoms with Crippen molar-refractivity contribution >= 4 is 17.6 Å². The number of carboxylic acids is 1. The predicted molar refractivity (Wildman–Crippen MR) is 87.9 cm³/mol. The van der Waals surface area contributed by atoms with Crippen molar-refractivity contribution in [1.29, 1.82) is 5.26 Å². The molecule has 0 bridgehead atoms. The van der Waals surface area contributed by atoms with Crippen molar-refractivity contribution in [2.24, 2.45) is 0 Å². The molecule has 3 N–H and O–H groups in total. The van der Waals surface area contributed by atoms with E-state index in [0.29, 0.717) is 25.8 Å². The first kappa shape index (κ1) is 21.0. The van der Waals surface area contributed by atoms with Gasteiger partial charge in [0.15, 0.2) is 0 Å². The maximum Gasteiger partial charge on any atom is 0.418 e. The quantitative estimate of drug-likeness (QED) is 0.352. The van der Waals surface area contributed by atoms with E-state index in [0.717, 1.165) is 18.3 Å². The Morgan fingerprint density at radius 2 is 1.88 bits per heavy atom. The van der Waals surface area contributed by atoms with Gasteiger partial charge >= 0.3 is 12.1 Å². The number of rotatable bonds is 9. The number of nitriles is 1. The molecule has 1 rings (SSSR count). The van der Waals surface area contributed by atoms with Crippen LogP contribution in [0.25, 0.3) is 0 Å². The molecular formula is C17H18F3N3O3. The molecule has 0 aliphatic rings. The van der Waals surface area contributed by atoms with Gasteiger partial charge in [-0.05, 0) is 25.0 Å². The molecule has 0 radical (unpaired) electrons. The van der Waals surface area contributed by atoms with Gasteiger partial charge in [-0.25, -0.2) is 0 Å². The van der Waals surface area contributed by atoms with E-state index in [4.69, 9.17) is 10.4 Å². The Balaban J connectivity index is 2.60. The molecule has 0 aliphatic carbocycles. The van der Waals surface area contributed by atoms with Crippen LogP contribution in [0, 0.1) is 11.3 Å². The van der Waals surface area contributed by atoms with Gasteiger partial charge in [-0.1, -0.05) is 18.6 Å². The topological polar surface area (TPSA) is 102 Å². The van der Waals surface area contributed by atoms with E-state index in [-0.39, 0.29) is 12.0 Å². The fourth-order valence-corrected chi connectivity index (χ4v) is 2.03. The molecule has 140 valence electrons. The number of benzene rings is 1. The van der Waals surface area contributed by atoms with E-state index in [1.165, 1.54) is 12.1 Å². The van der Waals surface area contributed by atoms with Crippen molar-refractivity contribution in [3.05, 3.63) is 41.6 Å². The SMILES string of the molecule is N#C/C(=C/NCCCCCC(=O)O)C(=O)Nc1ccccc1C(F)(F)F. The second-order valence-electron chi connectivity index (χ2n) is 5.33. The van der Waals surface area contributed by atoms with Gasteiger partial charge in [-0.3, -0.25) is 9.59 Å². The molecule has 0 heterocycles. The largest absolute Gasteiger partial charge is 0.481 e. The minimum absolute atomic E-state index is 0.0697. The van der Waals surface area contributed by atoms with Gasteiger partial charge in [0.05, 0.1) is 11.3 Å². The fourth-order valence-electron chi connectivity index (χ4n) is 2.03. The van der Waals surface area contributed by atoms with Gasteiger partial charge in [-0.2, -0.15) is 18.4 Å². The van der Waals surface area contributed by atoms with Crippen LogP contribution in [-0.2, 0) is 15.8 Å². The van der Waals surface area contributed by atoms with Gasteiger partial charge in [0, 0.05) is 19.2 Å². The number of carboxylic acid groups (broad SMARTS) is 1. The zero-order valence-corrected chi connectivity index (χ0v) is 13.8. The number of halogens is 3. The summed E-state index contributed by atoms with van der Waals surface area (Å²) in [5.41, 5.74) is -1.80. The van der Waals surface area contributed by atoms with Gasteiger partial charge in [0.25, 0.3) is 5.91 Å². The summed E-state index contributed by atoms with van der Waals surface area (Å²) in [6.07, 6.45) is -1.64. The van der Waals surface area contributed by atoms with Crippen LogP contribution < -0.4 is 10.6 Å². The number of carbonyl (C=O) groups excluding carboxylic acids is 1. The van der Waals surface area contributed by atoms with Crippen molar-refractivity contribution in [3.8, 4) is 6.07 Å². The number of unbranched alkanes of at least 4 members (excludes halogenated alkanes) is 2. The fraction of sp³-hybridized carbons (Fsp3) is 0.353. The normalized spacial score (nSPS) is 11.5. The summed E-state index contributed by atoms with van der Waals surface area (Å²) < 4.78 is 38.7. The number of hydrogen-bond acceptors (Lipinski definition) is 4. The molecule has 0 fully saturated rings. The van der Waals surface area contributed by atoms with Gasteiger partial charge in [0.1, 0.15) is 11.6 Å². The third-order valence-corrected chi connectivity index (χ3v) is 3.30. The lowest BCUT2D eigenvalue weighted by Crippen LogP contribution is -2.19. The molecule has 0 saturated carbocycles. The summed E-state index contributed by atoms with van der Waals surface area (Å²) in [4.78, 5) is 22.3. The first-order chi connectivity index (χ1) is 12.3. The third kappa shape index (κ3) is 7.25. The summed E-state index contributed by atoms with van der Waals surface area (Å²) in [6.45, 7) is 0.400. The molecule has 1 aromatic rings. The summed E-state index contributed by atoms with van der Waals surface area (Å²) in [5.74, 6) is -1.83. The molecule has 0 saturated heterocycles. The lowest BCUT2D eigenvalue weighted by atomic mass is 10.1. The Morgan fingerprint density at radius 3 is 2.50 bits per heavy atom. The van der Waals surface area contributed by atoms with E-state index in [9.17, 15) is 22.8 Å². The lowest BCUT2D eigenvalue weighted by molar-refractivity contribution is -0.138. The van der Waals surface area contributed by atoms with Gasteiger partial charge in [-0.15, -0.1) is 0 Å². The molecule has 1 amide bonds. The molecule has 0 aliphatic heterocycles. The van der Waals surface area contributed by atoms with Crippen LogP contribution in [0.2, 0.25) is 0 Å². The highest BCUT2D eigenvalue weighted by Crippen LogP contribution is 2.34. The zero-order chi connectivity index (χ0) is 19.6. The van der Waals surface area contributed by atoms with Crippen LogP contribution in [-0.4, -0.2) is 23.5 Å². The molecule has 6 nitrogen and oxygen atoms in total. The highest BCUT2D eigenvalue weighted by Gasteiger charge is 2.33. The van der Waals surface area contributed by atoms with Crippen molar-refractivity contribution in [2.45, 2.75) is 31.9 Å². The average molecular weight is 369 g/mol. The number of carbonyl (C=O) groups is 2. The number of amides is 1. The van der Waals surface area contributed by atoms with Crippen molar-refractivity contribution in [2.75, 3.05) is 11.9 Å².